The fourth-order valence-electron chi connectivity index (χ4n) is 0.241. The molecule has 0 saturated carbocycles. The summed E-state index contributed by atoms with van der Waals surface area (Å²) >= 11 is 0. The van der Waals surface area contributed by atoms with Crippen LogP contribution in [0, 0.1) is 0 Å². The molecule has 0 rings (SSSR count). The fourth-order valence-corrected chi connectivity index (χ4v) is 0.241. The van der Waals surface area contributed by atoms with Crippen LogP contribution in [0.1, 0.15) is 20.8 Å². The van der Waals surface area contributed by atoms with Gasteiger partial charge in [-0.1, -0.05) is 5.57 Å². The zero-order valence-corrected chi connectivity index (χ0v) is 5.60. The first-order chi connectivity index (χ1) is 3.68. The van der Waals surface area contributed by atoms with Crippen molar-refractivity contribution in [2.75, 3.05) is 0 Å². The SMILES string of the molecule is CC(C)=C(C)N=CN. The van der Waals surface area contributed by atoms with Crippen molar-refractivity contribution in [2.45, 2.75) is 20.8 Å². The molecular weight excluding hydrogens is 100 g/mol. The van der Waals surface area contributed by atoms with Crippen LogP contribution >= 0.6 is 0 Å². The molecule has 0 bridgehead atoms. The van der Waals surface area contributed by atoms with E-state index in [1.807, 2.05) is 20.8 Å². The summed E-state index contributed by atoms with van der Waals surface area (Å²) in [5.41, 5.74) is 7.24. The maximum Gasteiger partial charge on any atom is 0.0856 e. The molecule has 0 amide bonds. The Bertz CT molecular complexity index is 118. The number of nitrogens with zero attached hydrogens (tertiary/aromatic N) is 1. The molecule has 2 heteroatoms. The van der Waals surface area contributed by atoms with Crippen LogP contribution < -0.4 is 5.73 Å². The maximum absolute atomic E-state index is 5.04. The highest BCUT2D eigenvalue weighted by Gasteiger charge is 1.82. The lowest BCUT2D eigenvalue weighted by Crippen LogP contribution is -1.88. The topological polar surface area (TPSA) is 38.4 Å². The van der Waals surface area contributed by atoms with Crippen LogP contribution in [0.5, 0.6) is 0 Å². The van der Waals surface area contributed by atoms with Gasteiger partial charge >= 0.3 is 0 Å². The lowest BCUT2D eigenvalue weighted by Gasteiger charge is -1.91. The Hall–Kier alpha value is -0.790. The van der Waals surface area contributed by atoms with Crippen LogP contribution in [-0.4, -0.2) is 6.34 Å². The second kappa shape index (κ2) is 3.24. The molecule has 0 aliphatic rings. The zero-order chi connectivity index (χ0) is 6.57. The molecule has 46 valence electrons. The Labute approximate surface area is 50.1 Å². The van der Waals surface area contributed by atoms with Crippen LogP contribution in [0.15, 0.2) is 16.3 Å². The highest BCUT2D eigenvalue weighted by molar-refractivity contribution is 5.53. The highest BCUT2D eigenvalue weighted by atomic mass is 14.8. The summed E-state index contributed by atoms with van der Waals surface area (Å²) in [4.78, 5) is 3.86. The van der Waals surface area contributed by atoms with Crippen molar-refractivity contribution in [3.63, 3.8) is 0 Å². The number of allylic oxidation sites excluding steroid dienone is 2. The van der Waals surface area contributed by atoms with Crippen molar-refractivity contribution in [1.82, 2.24) is 0 Å². The standard InChI is InChI=1S/C6H12N2/c1-5(2)6(3)8-4-7/h4H,1-3H3,(H2,7,8). The Morgan fingerprint density at radius 1 is 1.38 bits per heavy atom. The molecule has 0 aromatic carbocycles. The van der Waals surface area contributed by atoms with E-state index in [0.717, 1.165) is 5.70 Å². The van der Waals surface area contributed by atoms with Gasteiger partial charge in [-0.3, -0.25) is 0 Å². The summed E-state index contributed by atoms with van der Waals surface area (Å²) in [6, 6.07) is 0. The minimum absolute atomic E-state index is 0.993. The van der Waals surface area contributed by atoms with E-state index < -0.39 is 0 Å². The number of hydrogen-bond acceptors (Lipinski definition) is 1. The third-order valence-electron chi connectivity index (χ3n) is 0.992. The van der Waals surface area contributed by atoms with Crippen molar-refractivity contribution >= 4 is 6.34 Å². The van der Waals surface area contributed by atoms with E-state index in [1.165, 1.54) is 11.9 Å². The van der Waals surface area contributed by atoms with Crippen LogP contribution in [0.4, 0.5) is 0 Å². The van der Waals surface area contributed by atoms with Crippen molar-refractivity contribution in [3.05, 3.63) is 11.3 Å². The molecule has 0 aromatic heterocycles. The van der Waals surface area contributed by atoms with Gasteiger partial charge in [-0.05, 0) is 20.8 Å². The first-order valence-electron chi connectivity index (χ1n) is 2.57. The Morgan fingerprint density at radius 2 is 1.88 bits per heavy atom. The van der Waals surface area contributed by atoms with Crippen LogP contribution in [0.25, 0.3) is 0 Å². The molecule has 0 unspecified atom stereocenters. The van der Waals surface area contributed by atoms with Gasteiger partial charge in [0.05, 0.1) is 6.34 Å². The molecule has 0 atom stereocenters. The Kier molecular flexibility index (Phi) is 2.92. The zero-order valence-electron chi connectivity index (χ0n) is 5.60. The Balaban J connectivity index is 4.00. The summed E-state index contributed by atoms with van der Waals surface area (Å²) < 4.78 is 0. The van der Waals surface area contributed by atoms with Crippen molar-refractivity contribution in [3.8, 4) is 0 Å². The average molecular weight is 112 g/mol. The quantitative estimate of drug-likeness (QED) is 0.403. The third-order valence-corrected chi connectivity index (χ3v) is 0.992. The van der Waals surface area contributed by atoms with Gasteiger partial charge < -0.3 is 5.73 Å². The van der Waals surface area contributed by atoms with Gasteiger partial charge in [-0.15, -0.1) is 0 Å². The third kappa shape index (κ3) is 2.39. The van der Waals surface area contributed by atoms with E-state index in [0.29, 0.717) is 0 Å². The summed E-state index contributed by atoms with van der Waals surface area (Å²) in [5, 5.41) is 0. The predicted octanol–water partition coefficient (Wildman–Crippen LogP) is 1.29. The van der Waals surface area contributed by atoms with Crippen molar-refractivity contribution in [1.29, 1.82) is 0 Å². The van der Waals surface area contributed by atoms with E-state index in [9.17, 15) is 0 Å². The van der Waals surface area contributed by atoms with Gasteiger partial charge in [-0.25, -0.2) is 4.99 Å². The molecule has 0 heterocycles. The first kappa shape index (κ1) is 7.21. The van der Waals surface area contributed by atoms with Crippen molar-refractivity contribution < 1.29 is 0 Å². The summed E-state index contributed by atoms with van der Waals surface area (Å²) in [5.74, 6) is 0. The number of hydrogen-bond donors (Lipinski definition) is 1. The van der Waals surface area contributed by atoms with Crippen molar-refractivity contribution in [2.24, 2.45) is 10.7 Å². The second-order valence-electron chi connectivity index (χ2n) is 1.86. The average Bonchev–Trinajstić information content (AvgIpc) is 1.67. The van der Waals surface area contributed by atoms with Gasteiger partial charge in [0.25, 0.3) is 0 Å². The molecular formula is C6H12N2. The fraction of sp³-hybridized carbons (Fsp3) is 0.500. The van der Waals surface area contributed by atoms with E-state index in [4.69, 9.17) is 5.73 Å². The van der Waals surface area contributed by atoms with Gasteiger partial charge in [0.1, 0.15) is 0 Å². The molecule has 2 nitrogen and oxygen atoms in total. The Morgan fingerprint density at radius 3 is 2.00 bits per heavy atom. The number of aliphatic imine (C=N–C) groups is 1. The van der Waals surface area contributed by atoms with Gasteiger partial charge in [0.15, 0.2) is 0 Å². The lowest BCUT2D eigenvalue weighted by atomic mass is 10.3. The van der Waals surface area contributed by atoms with E-state index in [-0.39, 0.29) is 0 Å². The molecule has 0 spiro atoms. The smallest absolute Gasteiger partial charge is 0.0856 e. The second-order valence-corrected chi connectivity index (χ2v) is 1.86. The molecule has 0 radical (unpaired) electrons. The normalized spacial score (nSPS) is 9.88. The predicted molar refractivity (Wildman–Crippen MR) is 36.7 cm³/mol. The lowest BCUT2D eigenvalue weighted by molar-refractivity contribution is 1.19. The summed E-state index contributed by atoms with van der Waals surface area (Å²) in [6.07, 6.45) is 1.31. The maximum atomic E-state index is 5.04. The molecule has 2 N–H and O–H groups in total. The molecule has 0 saturated heterocycles. The number of nitrogens with two attached hydrogens (primary N) is 1. The minimum atomic E-state index is 0.993. The summed E-state index contributed by atoms with van der Waals surface area (Å²) in [7, 11) is 0. The first-order valence-corrected chi connectivity index (χ1v) is 2.57. The highest BCUT2D eigenvalue weighted by Crippen LogP contribution is 2.00. The van der Waals surface area contributed by atoms with Gasteiger partial charge in [0, 0.05) is 5.70 Å². The minimum Gasteiger partial charge on any atom is -0.390 e. The molecule has 0 fully saturated rings. The van der Waals surface area contributed by atoms with E-state index >= 15 is 0 Å². The monoisotopic (exact) mass is 112 g/mol. The van der Waals surface area contributed by atoms with E-state index in [2.05, 4.69) is 4.99 Å². The molecule has 0 aliphatic carbocycles. The largest absolute Gasteiger partial charge is 0.390 e. The summed E-state index contributed by atoms with van der Waals surface area (Å²) in [6.45, 7) is 5.93. The van der Waals surface area contributed by atoms with Crippen LogP contribution in [0.2, 0.25) is 0 Å². The molecule has 0 aliphatic heterocycles. The van der Waals surface area contributed by atoms with Crippen LogP contribution in [0.3, 0.4) is 0 Å². The van der Waals surface area contributed by atoms with Crippen LogP contribution in [-0.2, 0) is 0 Å². The van der Waals surface area contributed by atoms with Gasteiger partial charge in [0.2, 0.25) is 0 Å². The van der Waals surface area contributed by atoms with E-state index in [1.54, 1.807) is 0 Å². The van der Waals surface area contributed by atoms with Gasteiger partial charge in [-0.2, -0.15) is 0 Å². The number of rotatable bonds is 1. The molecule has 8 heavy (non-hydrogen) atoms. The molecule has 0 aromatic rings.